The van der Waals surface area contributed by atoms with E-state index in [0.29, 0.717) is 19.8 Å². The fraction of sp³-hybridized carbons (Fsp3) is 0.286. The summed E-state index contributed by atoms with van der Waals surface area (Å²) in [4.78, 5) is 12.4. The van der Waals surface area contributed by atoms with Gasteiger partial charge < -0.3 is 15.4 Å². The smallest absolute Gasteiger partial charge is 0.315 e. The first-order valence-electron chi connectivity index (χ1n) is 9.33. The molecule has 2 aromatic carbocycles. The first-order chi connectivity index (χ1) is 13.7. The number of amides is 2. The number of nitrogens with zero attached hydrogens (tertiary/aromatic N) is 3. The molecule has 0 unspecified atom stereocenters. The van der Waals surface area contributed by atoms with Gasteiger partial charge in [0.2, 0.25) is 0 Å². The van der Waals surface area contributed by atoms with Crippen LogP contribution in [0.25, 0.3) is 11.1 Å². The summed E-state index contributed by atoms with van der Waals surface area (Å²) in [6.07, 6.45) is 3.40. The number of nitrogens with one attached hydrogen (secondary N) is 2. The van der Waals surface area contributed by atoms with Crippen molar-refractivity contribution in [2.24, 2.45) is 0 Å². The second-order valence-corrected chi connectivity index (χ2v) is 6.99. The van der Waals surface area contributed by atoms with Crippen LogP contribution < -0.4 is 10.6 Å². The zero-order valence-electron chi connectivity index (χ0n) is 15.7. The maximum Gasteiger partial charge on any atom is 0.315 e. The summed E-state index contributed by atoms with van der Waals surface area (Å²) >= 11 is 0. The van der Waals surface area contributed by atoms with Crippen LogP contribution in [0.3, 0.4) is 0 Å². The van der Waals surface area contributed by atoms with Crippen molar-refractivity contribution >= 4 is 6.03 Å². The van der Waals surface area contributed by atoms with E-state index in [2.05, 4.69) is 64.3 Å². The van der Waals surface area contributed by atoms with E-state index in [0.717, 1.165) is 16.7 Å². The average Bonchev–Trinajstić information content (AvgIpc) is 3.39. The van der Waals surface area contributed by atoms with Crippen molar-refractivity contribution in [1.29, 1.82) is 0 Å². The van der Waals surface area contributed by atoms with Crippen LogP contribution in [-0.4, -0.2) is 40.3 Å². The van der Waals surface area contributed by atoms with E-state index < -0.39 is 0 Å². The molecule has 0 bridgehead atoms. The third-order valence-electron chi connectivity index (χ3n) is 4.91. The lowest BCUT2D eigenvalue weighted by atomic mass is 10.0. The summed E-state index contributed by atoms with van der Waals surface area (Å²) in [7, 11) is 0. The molecule has 2 amide bonds. The van der Waals surface area contributed by atoms with Crippen molar-refractivity contribution in [3.63, 3.8) is 0 Å². The standard InChI is InChI=1S/C21H23N5O2/c1-15-5-7-17(8-6-15)18-4-2-3-16(11-18)12-22-21(27)24-19-13-28-14-20(19)26-10-9-23-25-26/h2-11,19-20H,12-14H2,1H3,(H2,22,24,27)/t19-,20+/m1/s1. The highest BCUT2D eigenvalue weighted by Gasteiger charge is 2.31. The molecule has 1 fully saturated rings. The second kappa shape index (κ2) is 8.22. The van der Waals surface area contributed by atoms with Crippen molar-refractivity contribution in [2.45, 2.75) is 25.6 Å². The topological polar surface area (TPSA) is 81.1 Å². The highest BCUT2D eigenvalue weighted by molar-refractivity contribution is 5.74. The quantitative estimate of drug-likeness (QED) is 0.716. The Bertz CT molecular complexity index is 924. The molecule has 3 aromatic rings. The zero-order chi connectivity index (χ0) is 19.3. The minimum absolute atomic E-state index is 0.0434. The molecule has 1 aliphatic rings. The number of hydrogen-bond donors (Lipinski definition) is 2. The Morgan fingerprint density at radius 3 is 2.82 bits per heavy atom. The number of aryl methyl sites for hydroxylation is 1. The maximum absolute atomic E-state index is 12.4. The Labute approximate surface area is 163 Å². The molecule has 28 heavy (non-hydrogen) atoms. The molecule has 2 heterocycles. The zero-order valence-corrected chi connectivity index (χ0v) is 15.7. The minimum atomic E-state index is -0.221. The highest BCUT2D eigenvalue weighted by atomic mass is 16.5. The van der Waals surface area contributed by atoms with Gasteiger partial charge >= 0.3 is 6.03 Å². The van der Waals surface area contributed by atoms with E-state index in [4.69, 9.17) is 4.74 Å². The van der Waals surface area contributed by atoms with Crippen LogP contribution in [-0.2, 0) is 11.3 Å². The van der Waals surface area contributed by atoms with E-state index >= 15 is 0 Å². The van der Waals surface area contributed by atoms with Crippen LogP contribution in [0.2, 0.25) is 0 Å². The van der Waals surface area contributed by atoms with E-state index in [-0.39, 0.29) is 18.1 Å². The number of aromatic nitrogens is 3. The lowest BCUT2D eigenvalue weighted by Gasteiger charge is -2.19. The molecule has 144 valence electrons. The SMILES string of the molecule is Cc1ccc(-c2cccc(CNC(=O)N[C@@H]3COC[C@@H]3n3ccnn3)c2)cc1. The summed E-state index contributed by atoms with van der Waals surface area (Å²) in [5.74, 6) is 0. The minimum Gasteiger partial charge on any atom is -0.377 e. The Hall–Kier alpha value is -3.19. The van der Waals surface area contributed by atoms with Crippen LogP contribution >= 0.6 is 0 Å². The first kappa shape index (κ1) is 18.2. The highest BCUT2D eigenvalue weighted by Crippen LogP contribution is 2.21. The van der Waals surface area contributed by atoms with Crippen LogP contribution in [0.1, 0.15) is 17.2 Å². The Balaban J connectivity index is 1.35. The third kappa shape index (κ3) is 4.20. The fourth-order valence-electron chi connectivity index (χ4n) is 3.34. The normalized spacial score (nSPS) is 18.8. The molecular weight excluding hydrogens is 354 g/mol. The molecular formula is C21H23N5O2. The molecule has 0 saturated carbocycles. The van der Waals surface area contributed by atoms with Crippen LogP contribution in [0.5, 0.6) is 0 Å². The van der Waals surface area contributed by atoms with Crippen molar-refractivity contribution in [1.82, 2.24) is 25.6 Å². The molecule has 1 aromatic heterocycles. The predicted molar refractivity (Wildman–Crippen MR) is 106 cm³/mol. The average molecular weight is 377 g/mol. The Kier molecular flexibility index (Phi) is 5.34. The van der Waals surface area contributed by atoms with Gasteiger partial charge in [0.25, 0.3) is 0 Å². The van der Waals surface area contributed by atoms with Gasteiger partial charge in [-0.15, -0.1) is 5.10 Å². The molecule has 4 rings (SSSR count). The molecule has 2 atom stereocenters. The predicted octanol–water partition coefficient (Wildman–Crippen LogP) is 2.69. The lowest BCUT2D eigenvalue weighted by Crippen LogP contribution is -2.45. The van der Waals surface area contributed by atoms with Gasteiger partial charge in [-0.3, -0.25) is 0 Å². The monoisotopic (exact) mass is 377 g/mol. The van der Waals surface area contributed by atoms with Crippen LogP contribution in [0.15, 0.2) is 60.9 Å². The van der Waals surface area contributed by atoms with Gasteiger partial charge in [0.1, 0.15) is 0 Å². The maximum atomic E-state index is 12.4. The molecule has 0 spiro atoms. The number of rotatable bonds is 5. The number of urea groups is 1. The van der Waals surface area contributed by atoms with Gasteiger partial charge in [0, 0.05) is 12.7 Å². The van der Waals surface area contributed by atoms with Gasteiger partial charge in [-0.05, 0) is 29.7 Å². The summed E-state index contributed by atoms with van der Waals surface area (Å²) in [5, 5.41) is 13.7. The molecule has 7 heteroatoms. The number of hydrogen-bond acceptors (Lipinski definition) is 4. The van der Waals surface area contributed by atoms with Gasteiger partial charge in [0.05, 0.1) is 31.5 Å². The van der Waals surface area contributed by atoms with Crippen LogP contribution in [0.4, 0.5) is 4.79 Å². The fourth-order valence-corrected chi connectivity index (χ4v) is 3.34. The third-order valence-corrected chi connectivity index (χ3v) is 4.91. The van der Waals surface area contributed by atoms with Gasteiger partial charge in [-0.1, -0.05) is 53.2 Å². The first-order valence-corrected chi connectivity index (χ1v) is 9.33. The molecule has 7 nitrogen and oxygen atoms in total. The number of ether oxygens (including phenoxy) is 1. The van der Waals surface area contributed by atoms with E-state index in [1.807, 2.05) is 12.1 Å². The number of carbonyl (C=O) groups excluding carboxylic acids is 1. The van der Waals surface area contributed by atoms with Gasteiger partial charge in [-0.2, -0.15) is 0 Å². The summed E-state index contributed by atoms with van der Waals surface area (Å²) in [5.41, 5.74) is 4.58. The van der Waals surface area contributed by atoms with E-state index in [9.17, 15) is 4.79 Å². The summed E-state index contributed by atoms with van der Waals surface area (Å²) in [6, 6.07) is 16.2. The lowest BCUT2D eigenvalue weighted by molar-refractivity contribution is 0.181. The van der Waals surface area contributed by atoms with Crippen molar-refractivity contribution in [2.75, 3.05) is 13.2 Å². The summed E-state index contributed by atoms with van der Waals surface area (Å²) in [6.45, 7) is 3.49. The van der Waals surface area contributed by atoms with E-state index in [1.165, 1.54) is 5.56 Å². The second-order valence-electron chi connectivity index (χ2n) is 6.99. The number of benzene rings is 2. The molecule has 1 saturated heterocycles. The van der Waals surface area contributed by atoms with Crippen molar-refractivity contribution < 1.29 is 9.53 Å². The van der Waals surface area contributed by atoms with Crippen LogP contribution in [0, 0.1) is 6.92 Å². The Morgan fingerprint density at radius 1 is 1.18 bits per heavy atom. The number of carbonyl (C=O) groups is 1. The van der Waals surface area contributed by atoms with Crippen molar-refractivity contribution in [3.8, 4) is 11.1 Å². The van der Waals surface area contributed by atoms with E-state index in [1.54, 1.807) is 17.1 Å². The molecule has 0 aliphatic carbocycles. The molecule has 0 radical (unpaired) electrons. The van der Waals surface area contributed by atoms with Gasteiger partial charge in [0.15, 0.2) is 0 Å². The van der Waals surface area contributed by atoms with Crippen molar-refractivity contribution in [3.05, 3.63) is 72.1 Å². The molecule has 1 aliphatic heterocycles. The van der Waals surface area contributed by atoms with Gasteiger partial charge in [-0.25, -0.2) is 9.48 Å². The molecule has 2 N–H and O–H groups in total. The Morgan fingerprint density at radius 2 is 2.04 bits per heavy atom. The largest absolute Gasteiger partial charge is 0.377 e. The summed E-state index contributed by atoms with van der Waals surface area (Å²) < 4.78 is 7.22.